The lowest BCUT2D eigenvalue weighted by molar-refractivity contribution is -0.116. The molecule has 0 fully saturated rings. The van der Waals surface area contributed by atoms with Crippen LogP contribution >= 0.6 is 11.6 Å². The van der Waals surface area contributed by atoms with E-state index < -0.39 is 15.8 Å². The Morgan fingerprint density at radius 3 is 2.58 bits per heavy atom. The summed E-state index contributed by atoms with van der Waals surface area (Å²) in [5, 5.41) is 2.48. The molecule has 1 heterocycles. The quantitative estimate of drug-likeness (QED) is 0.437. The highest BCUT2D eigenvalue weighted by molar-refractivity contribution is 7.89. The van der Waals surface area contributed by atoms with E-state index in [9.17, 15) is 17.6 Å². The number of fused-ring (bicyclic) bond motifs is 1. The molecule has 10 heteroatoms. The van der Waals surface area contributed by atoms with E-state index in [4.69, 9.17) is 11.6 Å². The van der Waals surface area contributed by atoms with Gasteiger partial charge >= 0.3 is 0 Å². The molecule has 0 spiro atoms. The molecule has 7 nitrogen and oxygen atoms in total. The van der Waals surface area contributed by atoms with Gasteiger partial charge in [-0.25, -0.2) is 17.8 Å². The fourth-order valence-corrected chi connectivity index (χ4v) is 5.39. The molecular formula is C23H28ClFN4O3S. The smallest absolute Gasteiger partial charge is 0.243 e. The SMILES string of the molecule is CCCn1c(CCC(=O)Nc2cccc(Cl)c2F)nc2cc(S(=O)(=O)N(CC)CC)ccc21. The zero-order valence-electron chi connectivity index (χ0n) is 18.9. The standard InChI is InChI=1S/C23H28ClFN4O3S/c1-4-14-29-20-11-10-16(33(31,32)28(5-2)6-3)15-19(20)26-21(29)12-13-22(30)27-18-9-7-8-17(24)23(18)25/h7-11,15H,4-6,12-14H2,1-3H3,(H,27,30). The Kier molecular flexibility index (Phi) is 8.10. The minimum atomic E-state index is -3.60. The molecule has 0 radical (unpaired) electrons. The first-order valence-electron chi connectivity index (χ1n) is 11.0. The van der Waals surface area contributed by atoms with E-state index in [1.807, 2.05) is 11.5 Å². The van der Waals surface area contributed by atoms with Crippen LogP contribution in [0, 0.1) is 5.82 Å². The van der Waals surface area contributed by atoms with Gasteiger partial charge in [0, 0.05) is 32.5 Å². The van der Waals surface area contributed by atoms with Crippen LogP contribution in [0.15, 0.2) is 41.3 Å². The number of hydrogen-bond donors (Lipinski definition) is 1. The van der Waals surface area contributed by atoms with Crippen LogP contribution in [-0.2, 0) is 27.8 Å². The second-order valence-electron chi connectivity index (χ2n) is 7.57. The summed E-state index contributed by atoms with van der Waals surface area (Å²) >= 11 is 5.77. The molecule has 0 saturated carbocycles. The number of imidazole rings is 1. The molecule has 0 atom stereocenters. The molecule has 1 N–H and O–H groups in total. The van der Waals surface area contributed by atoms with Gasteiger partial charge in [-0.15, -0.1) is 0 Å². The number of aryl methyl sites for hydroxylation is 2. The Morgan fingerprint density at radius 1 is 1.18 bits per heavy atom. The first-order valence-corrected chi connectivity index (χ1v) is 12.8. The van der Waals surface area contributed by atoms with Crippen molar-refractivity contribution in [2.45, 2.75) is 51.5 Å². The summed E-state index contributed by atoms with van der Waals surface area (Å²) in [6, 6.07) is 9.37. The number of amides is 1. The first-order chi connectivity index (χ1) is 15.7. The molecule has 178 valence electrons. The molecule has 0 saturated heterocycles. The van der Waals surface area contributed by atoms with Crippen molar-refractivity contribution in [3.63, 3.8) is 0 Å². The number of aromatic nitrogens is 2. The van der Waals surface area contributed by atoms with E-state index >= 15 is 0 Å². The maximum Gasteiger partial charge on any atom is 0.243 e. The summed E-state index contributed by atoms with van der Waals surface area (Å²) in [6.07, 6.45) is 1.25. The number of halogens is 2. The van der Waals surface area contributed by atoms with Crippen LogP contribution < -0.4 is 5.32 Å². The molecule has 1 aromatic heterocycles. The lowest BCUT2D eigenvalue weighted by atomic mass is 10.2. The summed E-state index contributed by atoms with van der Waals surface area (Å²) in [5.41, 5.74) is 1.40. The second-order valence-corrected chi connectivity index (χ2v) is 9.91. The van der Waals surface area contributed by atoms with Crippen LogP contribution in [0.3, 0.4) is 0 Å². The van der Waals surface area contributed by atoms with Gasteiger partial charge < -0.3 is 9.88 Å². The highest BCUT2D eigenvalue weighted by Crippen LogP contribution is 2.25. The number of nitrogens with one attached hydrogen (secondary N) is 1. The van der Waals surface area contributed by atoms with Gasteiger partial charge in [0.2, 0.25) is 15.9 Å². The van der Waals surface area contributed by atoms with Gasteiger partial charge in [0.25, 0.3) is 0 Å². The molecule has 0 aliphatic carbocycles. The van der Waals surface area contributed by atoms with Crippen molar-refractivity contribution in [2.24, 2.45) is 0 Å². The number of hydrogen-bond acceptors (Lipinski definition) is 4. The molecule has 2 aromatic carbocycles. The van der Waals surface area contributed by atoms with E-state index in [0.717, 1.165) is 11.9 Å². The zero-order valence-corrected chi connectivity index (χ0v) is 20.5. The van der Waals surface area contributed by atoms with Crippen LogP contribution in [0.1, 0.15) is 39.4 Å². The van der Waals surface area contributed by atoms with Gasteiger partial charge in [0.15, 0.2) is 5.82 Å². The van der Waals surface area contributed by atoms with Gasteiger partial charge in [-0.2, -0.15) is 4.31 Å². The third kappa shape index (κ3) is 5.37. The van der Waals surface area contributed by atoms with Crippen LogP contribution in [0.4, 0.5) is 10.1 Å². The normalized spacial score (nSPS) is 11.9. The monoisotopic (exact) mass is 494 g/mol. The van der Waals surface area contributed by atoms with Crippen molar-refractivity contribution in [1.82, 2.24) is 13.9 Å². The molecule has 3 aromatic rings. The lowest BCUT2D eigenvalue weighted by Crippen LogP contribution is -2.30. The third-order valence-corrected chi connectivity index (χ3v) is 7.73. The van der Waals surface area contributed by atoms with E-state index in [0.29, 0.717) is 37.4 Å². The number of carbonyl (C=O) groups is 1. The van der Waals surface area contributed by atoms with E-state index in [-0.39, 0.29) is 27.9 Å². The number of carbonyl (C=O) groups excluding carboxylic acids is 1. The Hall–Kier alpha value is -2.49. The summed E-state index contributed by atoms with van der Waals surface area (Å²) in [6.45, 7) is 7.08. The molecule has 0 unspecified atom stereocenters. The van der Waals surface area contributed by atoms with E-state index in [1.54, 1.807) is 38.1 Å². The van der Waals surface area contributed by atoms with Crippen molar-refractivity contribution < 1.29 is 17.6 Å². The summed E-state index contributed by atoms with van der Waals surface area (Å²) in [5.74, 6) is -0.366. The summed E-state index contributed by atoms with van der Waals surface area (Å²) in [4.78, 5) is 17.2. The maximum atomic E-state index is 14.1. The molecule has 33 heavy (non-hydrogen) atoms. The predicted molar refractivity (Wildman–Crippen MR) is 128 cm³/mol. The van der Waals surface area contributed by atoms with Gasteiger partial charge in [0.1, 0.15) is 5.82 Å². The maximum absolute atomic E-state index is 14.1. The molecular weight excluding hydrogens is 467 g/mol. The summed E-state index contributed by atoms with van der Waals surface area (Å²) < 4.78 is 43.2. The van der Waals surface area contributed by atoms with Crippen molar-refractivity contribution in [3.05, 3.63) is 53.1 Å². The van der Waals surface area contributed by atoms with Crippen molar-refractivity contribution in [3.8, 4) is 0 Å². The lowest BCUT2D eigenvalue weighted by Gasteiger charge is -2.18. The van der Waals surface area contributed by atoms with Crippen LogP contribution in [0.5, 0.6) is 0 Å². The van der Waals surface area contributed by atoms with Gasteiger partial charge in [-0.05, 0) is 36.8 Å². The van der Waals surface area contributed by atoms with Crippen molar-refractivity contribution in [2.75, 3.05) is 18.4 Å². The molecule has 3 rings (SSSR count). The topological polar surface area (TPSA) is 84.3 Å². The average molecular weight is 495 g/mol. The van der Waals surface area contributed by atoms with E-state index in [1.165, 1.54) is 16.4 Å². The summed E-state index contributed by atoms with van der Waals surface area (Å²) in [7, 11) is -3.60. The van der Waals surface area contributed by atoms with Gasteiger partial charge in [-0.3, -0.25) is 4.79 Å². The fourth-order valence-electron chi connectivity index (χ4n) is 3.73. The number of nitrogens with zero attached hydrogens (tertiary/aromatic N) is 3. The van der Waals surface area contributed by atoms with Crippen LogP contribution in [0.2, 0.25) is 5.02 Å². The molecule has 0 aliphatic heterocycles. The molecule has 0 bridgehead atoms. The van der Waals surface area contributed by atoms with Gasteiger partial charge in [0.05, 0.1) is 26.6 Å². The highest BCUT2D eigenvalue weighted by atomic mass is 35.5. The van der Waals surface area contributed by atoms with Gasteiger partial charge in [-0.1, -0.05) is 38.4 Å². The predicted octanol–water partition coefficient (Wildman–Crippen LogP) is 4.84. The Bertz CT molecular complexity index is 1260. The Morgan fingerprint density at radius 2 is 1.91 bits per heavy atom. The second kappa shape index (κ2) is 10.6. The Labute approximate surface area is 198 Å². The molecule has 0 aliphatic rings. The minimum absolute atomic E-state index is 0.0285. The van der Waals surface area contributed by atoms with Crippen molar-refractivity contribution >= 4 is 44.3 Å². The fraction of sp³-hybridized carbons (Fsp3) is 0.391. The van der Waals surface area contributed by atoms with Crippen LogP contribution in [-0.4, -0.2) is 41.3 Å². The minimum Gasteiger partial charge on any atom is -0.328 e. The van der Waals surface area contributed by atoms with E-state index in [2.05, 4.69) is 10.3 Å². The largest absolute Gasteiger partial charge is 0.328 e. The highest BCUT2D eigenvalue weighted by Gasteiger charge is 2.23. The third-order valence-electron chi connectivity index (χ3n) is 5.39. The average Bonchev–Trinajstić information content (AvgIpc) is 3.13. The number of sulfonamides is 1. The number of rotatable bonds is 10. The van der Waals surface area contributed by atoms with Crippen LogP contribution in [0.25, 0.3) is 11.0 Å². The molecule has 1 amide bonds. The van der Waals surface area contributed by atoms with Crippen molar-refractivity contribution in [1.29, 1.82) is 0 Å². The number of benzene rings is 2. The Balaban J connectivity index is 1.85. The first kappa shape index (κ1) is 25.1. The number of anilines is 1. The zero-order chi connectivity index (χ0) is 24.2.